The summed E-state index contributed by atoms with van der Waals surface area (Å²) in [4.78, 5) is 12.4. The van der Waals surface area contributed by atoms with Crippen molar-refractivity contribution in [2.75, 3.05) is 11.9 Å². The second-order valence-corrected chi connectivity index (χ2v) is 3.87. The molecule has 4 heteroatoms. The SMILES string of the molecule is CN(c1ccccc1)c1ccc(C(=O)O)cc1F. The molecule has 0 bridgehead atoms. The minimum Gasteiger partial charge on any atom is -0.478 e. The lowest BCUT2D eigenvalue weighted by atomic mass is 10.1. The van der Waals surface area contributed by atoms with Crippen molar-refractivity contribution in [3.05, 3.63) is 59.9 Å². The van der Waals surface area contributed by atoms with Crippen LogP contribution in [0, 0.1) is 5.82 Å². The van der Waals surface area contributed by atoms with Crippen LogP contribution >= 0.6 is 0 Å². The summed E-state index contributed by atoms with van der Waals surface area (Å²) >= 11 is 0. The minimum absolute atomic E-state index is 0.0577. The number of hydrogen-bond acceptors (Lipinski definition) is 2. The molecule has 0 radical (unpaired) electrons. The van der Waals surface area contributed by atoms with E-state index in [0.717, 1.165) is 11.8 Å². The highest BCUT2D eigenvalue weighted by Gasteiger charge is 2.12. The van der Waals surface area contributed by atoms with Gasteiger partial charge in [-0.3, -0.25) is 0 Å². The summed E-state index contributed by atoms with van der Waals surface area (Å²) < 4.78 is 13.8. The quantitative estimate of drug-likeness (QED) is 0.902. The molecular weight excluding hydrogens is 233 g/mol. The van der Waals surface area contributed by atoms with Crippen molar-refractivity contribution in [3.63, 3.8) is 0 Å². The van der Waals surface area contributed by atoms with Crippen LogP contribution in [0.15, 0.2) is 48.5 Å². The summed E-state index contributed by atoms with van der Waals surface area (Å²) in [6.07, 6.45) is 0. The summed E-state index contributed by atoms with van der Waals surface area (Å²) in [7, 11) is 1.73. The van der Waals surface area contributed by atoms with Crippen LogP contribution in [0.25, 0.3) is 0 Å². The summed E-state index contributed by atoms with van der Waals surface area (Å²) in [6.45, 7) is 0. The molecule has 92 valence electrons. The highest BCUT2D eigenvalue weighted by molar-refractivity contribution is 5.88. The Kier molecular flexibility index (Phi) is 3.28. The highest BCUT2D eigenvalue weighted by atomic mass is 19.1. The van der Waals surface area contributed by atoms with Gasteiger partial charge in [-0.2, -0.15) is 0 Å². The van der Waals surface area contributed by atoms with Gasteiger partial charge in [0.25, 0.3) is 0 Å². The number of nitrogens with zero attached hydrogens (tertiary/aromatic N) is 1. The van der Waals surface area contributed by atoms with E-state index in [2.05, 4.69) is 0 Å². The first-order valence-electron chi connectivity index (χ1n) is 5.41. The van der Waals surface area contributed by atoms with E-state index in [-0.39, 0.29) is 5.56 Å². The molecule has 2 rings (SSSR count). The van der Waals surface area contributed by atoms with Gasteiger partial charge in [0.05, 0.1) is 11.3 Å². The second kappa shape index (κ2) is 4.87. The van der Waals surface area contributed by atoms with E-state index in [1.165, 1.54) is 12.1 Å². The first-order chi connectivity index (χ1) is 8.59. The molecule has 0 spiro atoms. The van der Waals surface area contributed by atoms with Gasteiger partial charge in [-0.05, 0) is 30.3 Å². The van der Waals surface area contributed by atoms with Gasteiger partial charge in [-0.15, -0.1) is 0 Å². The van der Waals surface area contributed by atoms with Gasteiger partial charge in [0.15, 0.2) is 0 Å². The number of anilines is 2. The molecule has 0 fully saturated rings. The lowest BCUT2D eigenvalue weighted by Gasteiger charge is -2.20. The topological polar surface area (TPSA) is 40.5 Å². The van der Waals surface area contributed by atoms with E-state index >= 15 is 0 Å². The smallest absolute Gasteiger partial charge is 0.335 e. The van der Waals surface area contributed by atoms with Gasteiger partial charge in [-0.1, -0.05) is 18.2 Å². The van der Waals surface area contributed by atoms with Gasteiger partial charge in [0.1, 0.15) is 5.82 Å². The van der Waals surface area contributed by atoms with Crippen molar-refractivity contribution in [1.82, 2.24) is 0 Å². The fourth-order valence-corrected chi connectivity index (χ4v) is 1.70. The number of carboxylic acid groups (broad SMARTS) is 1. The molecular formula is C14H12FNO2. The van der Waals surface area contributed by atoms with Crippen LogP contribution in [0.3, 0.4) is 0 Å². The molecule has 0 saturated heterocycles. The van der Waals surface area contributed by atoms with Crippen molar-refractivity contribution >= 4 is 17.3 Å². The lowest BCUT2D eigenvalue weighted by Crippen LogP contribution is -2.11. The van der Waals surface area contributed by atoms with Crippen LogP contribution in [0.1, 0.15) is 10.4 Å². The average molecular weight is 245 g/mol. The molecule has 2 aromatic carbocycles. The second-order valence-electron chi connectivity index (χ2n) is 3.87. The molecule has 2 aromatic rings. The van der Waals surface area contributed by atoms with E-state index in [1.54, 1.807) is 11.9 Å². The first kappa shape index (κ1) is 12.1. The predicted octanol–water partition coefficient (Wildman–Crippen LogP) is 3.29. The van der Waals surface area contributed by atoms with Gasteiger partial charge in [-0.25, -0.2) is 9.18 Å². The van der Waals surface area contributed by atoms with Crippen molar-refractivity contribution in [2.24, 2.45) is 0 Å². The standard InChI is InChI=1S/C14H12FNO2/c1-16(11-5-3-2-4-6-11)13-8-7-10(14(17)18)9-12(13)15/h2-9H,1H3,(H,17,18). The zero-order valence-corrected chi connectivity index (χ0v) is 9.80. The van der Waals surface area contributed by atoms with Crippen LogP contribution in [0.2, 0.25) is 0 Å². The Bertz CT molecular complexity index is 569. The predicted molar refractivity (Wildman–Crippen MR) is 67.9 cm³/mol. The Morgan fingerprint density at radius 3 is 2.39 bits per heavy atom. The number of benzene rings is 2. The fourth-order valence-electron chi connectivity index (χ4n) is 1.70. The lowest BCUT2D eigenvalue weighted by molar-refractivity contribution is 0.0696. The van der Waals surface area contributed by atoms with Crippen molar-refractivity contribution < 1.29 is 14.3 Å². The third kappa shape index (κ3) is 2.32. The van der Waals surface area contributed by atoms with Crippen LogP contribution < -0.4 is 4.90 Å². The van der Waals surface area contributed by atoms with Crippen LogP contribution in [-0.4, -0.2) is 18.1 Å². The van der Waals surface area contributed by atoms with E-state index in [0.29, 0.717) is 5.69 Å². The van der Waals surface area contributed by atoms with E-state index in [1.807, 2.05) is 30.3 Å². The Morgan fingerprint density at radius 2 is 1.83 bits per heavy atom. The molecule has 0 heterocycles. The molecule has 1 N–H and O–H groups in total. The van der Waals surface area contributed by atoms with Gasteiger partial charge < -0.3 is 10.0 Å². The van der Waals surface area contributed by atoms with Crippen molar-refractivity contribution in [3.8, 4) is 0 Å². The van der Waals surface area contributed by atoms with Crippen molar-refractivity contribution in [2.45, 2.75) is 0 Å². The molecule has 0 atom stereocenters. The monoisotopic (exact) mass is 245 g/mol. The Labute approximate surface area is 104 Å². The molecule has 3 nitrogen and oxygen atoms in total. The number of para-hydroxylation sites is 1. The maximum Gasteiger partial charge on any atom is 0.335 e. The molecule has 0 aromatic heterocycles. The molecule has 0 unspecified atom stereocenters. The van der Waals surface area contributed by atoms with E-state index in [9.17, 15) is 9.18 Å². The summed E-state index contributed by atoms with van der Waals surface area (Å²) in [5.74, 6) is -1.69. The number of hydrogen-bond donors (Lipinski definition) is 1. The third-order valence-electron chi connectivity index (χ3n) is 2.70. The Balaban J connectivity index is 2.37. The highest BCUT2D eigenvalue weighted by Crippen LogP contribution is 2.26. The summed E-state index contributed by atoms with van der Waals surface area (Å²) in [5, 5.41) is 8.78. The van der Waals surface area contributed by atoms with Crippen molar-refractivity contribution in [1.29, 1.82) is 0 Å². The molecule has 0 amide bonds. The van der Waals surface area contributed by atoms with Gasteiger partial charge >= 0.3 is 5.97 Å². The molecule has 0 saturated carbocycles. The zero-order chi connectivity index (χ0) is 13.1. The third-order valence-corrected chi connectivity index (χ3v) is 2.70. The molecule has 0 aliphatic rings. The number of halogens is 1. The largest absolute Gasteiger partial charge is 0.478 e. The summed E-state index contributed by atoms with van der Waals surface area (Å²) in [5.41, 5.74) is 1.11. The minimum atomic E-state index is -1.14. The maximum absolute atomic E-state index is 13.8. The number of carbonyl (C=O) groups is 1. The normalized spacial score (nSPS) is 10.1. The Hall–Kier alpha value is -2.36. The number of rotatable bonds is 3. The molecule has 0 aliphatic heterocycles. The van der Waals surface area contributed by atoms with E-state index < -0.39 is 11.8 Å². The number of aromatic carboxylic acids is 1. The number of carboxylic acids is 1. The van der Waals surface area contributed by atoms with E-state index in [4.69, 9.17) is 5.11 Å². The van der Waals surface area contributed by atoms with Crippen LogP contribution in [-0.2, 0) is 0 Å². The van der Waals surface area contributed by atoms with Gasteiger partial charge in [0.2, 0.25) is 0 Å². The average Bonchev–Trinajstić information content (AvgIpc) is 2.38. The first-order valence-corrected chi connectivity index (χ1v) is 5.41. The fraction of sp³-hybridized carbons (Fsp3) is 0.0714. The zero-order valence-electron chi connectivity index (χ0n) is 9.80. The summed E-state index contributed by atoms with van der Waals surface area (Å²) in [6, 6.07) is 13.2. The molecule has 0 aliphatic carbocycles. The van der Waals surface area contributed by atoms with Crippen LogP contribution in [0.5, 0.6) is 0 Å². The maximum atomic E-state index is 13.8. The molecule has 18 heavy (non-hydrogen) atoms. The Morgan fingerprint density at radius 1 is 1.17 bits per heavy atom. The van der Waals surface area contributed by atoms with Gasteiger partial charge in [0, 0.05) is 12.7 Å². The van der Waals surface area contributed by atoms with Crippen LogP contribution in [0.4, 0.5) is 15.8 Å².